The lowest BCUT2D eigenvalue weighted by molar-refractivity contribution is 0.935. The van der Waals surface area contributed by atoms with Crippen LogP contribution in [0, 0.1) is 0 Å². The predicted molar refractivity (Wildman–Crippen MR) is 80.7 cm³/mol. The van der Waals surface area contributed by atoms with Gasteiger partial charge in [-0.15, -0.1) is 0 Å². The molecule has 6 heteroatoms. The highest BCUT2D eigenvalue weighted by atomic mass is 35.5. The lowest BCUT2D eigenvalue weighted by Crippen LogP contribution is -2.06. The average Bonchev–Trinajstić information content (AvgIpc) is 2.83. The molecule has 1 aliphatic heterocycles. The number of rotatable bonds is 2. The van der Waals surface area contributed by atoms with Gasteiger partial charge in [0.15, 0.2) is 0 Å². The molecule has 0 saturated carbocycles. The summed E-state index contributed by atoms with van der Waals surface area (Å²) in [5.74, 6) is 3.04. The van der Waals surface area contributed by atoms with Crippen LogP contribution in [0.2, 0.25) is 10.0 Å². The van der Waals surface area contributed by atoms with Crippen LogP contribution in [0.1, 0.15) is 22.6 Å². The van der Waals surface area contributed by atoms with E-state index in [1.807, 2.05) is 18.2 Å². The molecule has 1 aromatic heterocycles. The van der Waals surface area contributed by atoms with Crippen molar-refractivity contribution in [2.45, 2.75) is 17.9 Å². The quantitative estimate of drug-likeness (QED) is 0.918. The Bertz CT molecular complexity index is 626. The van der Waals surface area contributed by atoms with Gasteiger partial charge < -0.3 is 5.73 Å². The van der Waals surface area contributed by atoms with Gasteiger partial charge >= 0.3 is 0 Å². The second kappa shape index (κ2) is 5.19. The number of hydrogen-bond donors (Lipinski definition) is 1. The van der Waals surface area contributed by atoms with Crippen molar-refractivity contribution >= 4 is 40.8 Å². The SMILES string of the molecule is Nc1nc(Cc2c(Cl)cccc2Cl)nc2c1CSC2. The van der Waals surface area contributed by atoms with Crippen LogP contribution in [-0.4, -0.2) is 9.97 Å². The summed E-state index contributed by atoms with van der Waals surface area (Å²) in [7, 11) is 0. The van der Waals surface area contributed by atoms with Crippen molar-refractivity contribution in [3.05, 3.63) is 50.9 Å². The van der Waals surface area contributed by atoms with E-state index in [2.05, 4.69) is 9.97 Å². The molecule has 1 aliphatic rings. The fourth-order valence-electron chi connectivity index (χ4n) is 2.07. The van der Waals surface area contributed by atoms with Gasteiger partial charge in [0, 0.05) is 33.5 Å². The molecule has 2 heterocycles. The van der Waals surface area contributed by atoms with Gasteiger partial charge in [-0.05, 0) is 17.7 Å². The van der Waals surface area contributed by atoms with Crippen molar-refractivity contribution in [1.82, 2.24) is 9.97 Å². The molecule has 0 amide bonds. The molecule has 3 rings (SSSR count). The van der Waals surface area contributed by atoms with Crippen molar-refractivity contribution in [3.8, 4) is 0 Å². The second-order valence-corrected chi connectivity index (χ2v) is 6.12. The Kier molecular flexibility index (Phi) is 3.56. The molecular weight excluding hydrogens is 301 g/mol. The predicted octanol–water partition coefficient (Wildman–Crippen LogP) is 3.70. The lowest BCUT2D eigenvalue weighted by Gasteiger charge is -2.08. The molecule has 0 radical (unpaired) electrons. The molecule has 3 nitrogen and oxygen atoms in total. The van der Waals surface area contributed by atoms with Crippen molar-refractivity contribution in [2.75, 3.05) is 5.73 Å². The fraction of sp³-hybridized carbons (Fsp3) is 0.231. The summed E-state index contributed by atoms with van der Waals surface area (Å²) in [4.78, 5) is 8.92. The third-order valence-electron chi connectivity index (χ3n) is 3.05. The Balaban J connectivity index is 1.98. The van der Waals surface area contributed by atoms with E-state index in [9.17, 15) is 0 Å². The van der Waals surface area contributed by atoms with Crippen molar-refractivity contribution in [1.29, 1.82) is 0 Å². The van der Waals surface area contributed by atoms with Crippen LogP contribution < -0.4 is 5.73 Å². The lowest BCUT2D eigenvalue weighted by atomic mass is 10.1. The Morgan fingerprint density at radius 3 is 2.63 bits per heavy atom. The standard InChI is InChI=1S/C13H11Cl2N3S/c14-9-2-1-3-10(15)7(9)4-12-17-11-6-19-5-8(11)13(16)18-12/h1-3H,4-6H2,(H2,16,17,18). The van der Waals surface area contributed by atoms with Gasteiger partial charge in [0.05, 0.1) is 5.69 Å². The van der Waals surface area contributed by atoms with E-state index in [-0.39, 0.29) is 0 Å². The maximum atomic E-state index is 6.16. The highest BCUT2D eigenvalue weighted by Crippen LogP contribution is 2.32. The number of hydrogen-bond acceptors (Lipinski definition) is 4. The first-order valence-electron chi connectivity index (χ1n) is 5.80. The average molecular weight is 312 g/mol. The first-order chi connectivity index (χ1) is 9.15. The van der Waals surface area contributed by atoms with E-state index >= 15 is 0 Å². The molecule has 2 aromatic rings. The molecular formula is C13H11Cl2N3S. The number of aromatic nitrogens is 2. The first kappa shape index (κ1) is 13.0. The van der Waals surface area contributed by atoms with Crippen LogP contribution in [0.25, 0.3) is 0 Å². The van der Waals surface area contributed by atoms with Gasteiger partial charge in [-0.25, -0.2) is 9.97 Å². The van der Waals surface area contributed by atoms with Crippen LogP contribution in [0.5, 0.6) is 0 Å². The number of fused-ring (bicyclic) bond motifs is 1. The van der Waals surface area contributed by atoms with E-state index < -0.39 is 0 Å². The van der Waals surface area contributed by atoms with Crippen LogP contribution >= 0.6 is 35.0 Å². The normalized spacial score (nSPS) is 13.6. The molecule has 98 valence electrons. The molecule has 0 spiro atoms. The minimum absolute atomic E-state index is 0.501. The largest absolute Gasteiger partial charge is 0.383 e. The Hall–Kier alpha value is -0.970. The number of halogens is 2. The summed E-state index contributed by atoms with van der Waals surface area (Å²) < 4.78 is 0. The van der Waals surface area contributed by atoms with Gasteiger partial charge in [0.1, 0.15) is 11.6 Å². The topological polar surface area (TPSA) is 51.8 Å². The maximum absolute atomic E-state index is 6.16. The summed E-state index contributed by atoms with van der Waals surface area (Å²) >= 11 is 14.1. The Morgan fingerprint density at radius 1 is 1.16 bits per heavy atom. The highest BCUT2D eigenvalue weighted by molar-refractivity contribution is 7.98. The van der Waals surface area contributed by atoms with Crippen molar-refractivity contribution < 1.29 is 0 Å². The van der Waals surface area contributed by atoms with Crippen molar-refractivity contribution in [2.24, 2.45) is 0 Å². The van der Waals surface area contributed by atoms with Gasteiger partial charge in [-0.2, -0.15) is 11.8 Å². The van der Waals surface area contributed by atoms with E-state index in [0.717, 1.165) is 28.3 Å². The zero-order valence-corrected chi connectivity index (χ0v) is 12.3. The number of nitrogens with zero attached hydrogens (tertiary/aromatic N) is 2. The van der Waals surface area contributed by atoms with Crippen LogP contribution in [-0.2, 0) is 17.9 Å². The Labute approximate surface area is 125 Å². The van der Waals surface area contributed by atoms with Gasteiger partial charge in [0.2, 0.25) is 0 Å². The maximum Gasteiger partial charge on any atom is 0.135 e. The first-order valence-corrected chi connectivity index (χ1v) is 7.71. The second-order valence-electron chi connectivity index (χ2n) is 4.32. The Morgan fingerprint density at radius 2 is 1.89 bits per heavy atom. The van der Waals surface area contributed by atoms with Gasteiger partial charge in [0.25, 0.3) is 0 Å². The minimum atomic E-state index is 0.501. The van der Waals surface area contributed by atoms with Gasteiger partial charge in [-0.1, -0.05) is 29.3 Å². The number of anilines is 1. The minimum Gasteiger partial charge on any atom is -0.383 e. The summed E-state index contributed by atoms with van der Waals surface area (Å²) in [6.45, 7) is 0. The smallest absolute Gasteiger partial charge is 0.135 e. The van der Waals surface area contributed by atoms with Crippen LogP contribution in [0.3, 0.4) is 0 Å². The third-order valence-corrected chi connectivity index (χ3v) is 4.73. The molecule has 2 N–H and O–H groups in total. The van der Waals surface area contributed by atoms with Crippen LogP contribution in [0.4, 0.5) is 5.82 Å². The van der Waals surface area contributed by atoms with E-state index in [1.165, 1.54) is 0 Å². The summed E-state index contributed by atoms with van der Waals surface area (Å²) in [6, 6.07) is 5.45. The van der Waals surface area contributed by atoms with E-state index in [1.54, 1.807) is 11.8 Å². The van der Waals surface area contributed by atoms with Crippen molar-refractivity contribution in [3.63, 3.8) is 0 Å². The molecule has 0 aliphatic carbocycles. The number of thioether (sulfide) groups is 1. The molecule has 0 atom stereocenters. The number of nitrogen functional groups attached to an aromatic ring is 1. The molecule has 0 bridgehead atoms. The molecule has 0 unspecified atom stereocenters. The fourth-order valence-corrected chi connectivity index (χ4v) is 3.65. The monoisotopic (exact) mass is 311 g/mol. The summed E-state index contributed by atoms with van der Waals surface area (Å²) in [6.07, 6.45) is 0.501. The third kappa shape index (κ3) is 2.53. The summed E-state index contributed by atoms with van der Waals surface area (Å²) in [5, 5.41) is 1.26. The number of benzene rings is 1. The molecule has 19 heavy (non-hydrogen) atoms. The van der Waals surface area contributed by atoms with Crippen LogP contribution in [0.15, 0.2) is 18.2 Å². The molecule has 1 aromatic carbocycles. The molecule has 0 saturated heterocycles. The zero-order chi connectivity index (χ0) is 13.4. The van der Waals surface area contributed by atoms with E-state index in [0.29, 0.717) is 28.1 Å². The highest BCUT2D eigenvalue weighted by Gasteiger charge is 2.19. The van der Waals surface area contributed by atoms with E-state index in [4.69, 9.17) is 28.9 Å². The number of nitrogens with two attached hydrogens (primary N) is 1. The molecule has 0 fully saturated rings. The summed E-state index contributed by atoms with van der Waals surface area (Å²) in [5.41, 5.74) is 8.92. The van der Waals surface area contributed by atoms with Gasteiger partial charge in [-0.3, -0.25) is 0 Å². The zero-order valence-electron chi connectivity index (χ0n) is 9.99.